The molecule has 0 heterocycles. The summed E-state index contributed by atoms with van der Waals surface area (Å²) in [6.45, 7) is 0. The van der Waals surface area contributed by atoms with Gasteiger partial charge in [-0.05, 0) is 30.3 Å². The van der Waals surface area contributed by atoms with Crippen LogP contribution in [0.25, 0.3) is 0 Å². The molecule has 0 aliphatic rings. The first kappa shape index (κ1) is 14.8. The van der Waals surface area contributed by atoms with E-state index in [2.05, 4.69) is 10.5 Å². The van der Waals surface area contributed by atoms with E-state index in [0.29, 0.717) is 16.3 Å². The van der Waals surface area contributed by atoms with Gasteiger partial charge < -0.3 is 11.5 Å². The van der Waals surface area contributed by atoms with E-state index in [4.69, 9.17) is 23.1 Å². The third-order valence-corrected chi connectivity index (χ3v) is 2.91. The Labute approximate surface area is 125 Å². The van der Waals surface area contributed by atoms with Crippen LogP contribution in [-0.4, -0.2) is 11.7 Å². The number of carbonyl (C=O) groups is 1. The number of hydrogen-bond donors (Lipinski definition) is 3. The molecule has 2 rings (SSSR count). The van der Waals surface area contributed by atoms with Crippen molar-refractivity contribution in [1.82, 2.24) is 5.43 Å². The monoisotopic (exact) mass is 306 g/mol. The molecule has 2 amide bonds. The van der Waals surface area contributed by atoms with Crippen molar-refractivity contribution < 1.29 is 9.18 Å². The summed E-state index contributed by atoms with van der Waals surface area (Å²) in [6.07, 6.45) is 0. The van der Waals surface area contributed by atoms with Gasteiger partial charge in [-0.25, -0.2) is 14.6 Å². The number of urea groups is 1. The minimum absolute atomic E-state index is 0.131. The summed E-state index contributed by atoms with van der Waals surface area (Å²) in [5, 5.41) is 4.24. The third-order valence-electron chi connectivity index (χ3n) is 2.68. The predicted octanol–water partition coefficient (Wildman–Crippen LogP) is 2.48. The van der Waals surface area contributed by atoms with E-state index in [1.165, 1.54) is 18.2 Å². The highest BCUT2D eigenvalue weighted by molar-refractivity contribution is 6.31. The molecule has 0 atom stereocenters. The molecule has 2 aromatic carbocycles. The maximum atomic E-state index is 14.0. The molecule has 108 valence electrons. The van der Waals surface area contributed by atoms with Crippen LogP contribution < -0.4 is 16.9 Å². The van der Waals surface area contributed by atoms with Crippen LogP contribution in [0.15, 0.2) is 47.6 Å². The third kappa shape index (κ3) is 3.49. The van der Waals surface area contributed by atoms with E-state index in [0.717, 1.165) is 0 Å². The summed E-state index contributed by atoms with van der Waals surface area (Å²) in [7, 11) is 0. The normalized spacial score (nSPS) is 11.2. The summed E-state index contributed by atoms with van der Waals surface area (Å²) in [6, 6.07) is 9.79. The second-order valence-corrected chi connectivity index (χ2v) is 4.58. The molecule has 0 aliphatic heterocycles. The van der Waals surface area contributed by atoms with Gasteiger partial charge in [0.05, 0.1) is 0 Å². The number of benzene rings is 2. The van der Waals surface area contributed by atoms with Crippen molar-refractivity contribution in [3.8, 4) is 0 Å². The summed E-state index contributed by atoms with van der Waals surface area (Å²) >= 11 is 5.93. The molecule has 5 N–H and O–H groups in total. The van der Waals surface area contributed by atoms with Crippen LogP contribution in [0.1, 0.15) is 11.1 Å². The molecular formula is C14H12ClFN4O. The minimum atomic E-state index is -0.871. The first-order valence-electron chi connectivity index (χ1n) is 5.92. The Kier molecular flexibility index (Phi) is 4.39. The molecule has 7 heteroatoms. The summed E-state index contributed by atoms with van der Waals surface area (Å²) in [5.41, 5.74) is 14.0. The first-order valence-corrected chi connectivity index (χ1v) is 6.30. The number of anilines is 1. The number of halogens is 2. The number of hydrazone groups is 1. The van der Waals surface area contributed by atoms with E-state index < -0.39 is 11.8 Å². The molecule has 0 saturated heterocycles. The zero-order valence-corrected chi connectivity index (χ0v) is 11.6. The van der Waals surface area contributed by atoms with Gasteiger partial charge in [0, 0.05) is 21.8 Å². The lowest BCUT2D eigenvalue weighted by atomic mass is 10.0. The van der Waals surface area contributed by atoms with Crippen molar-refractivity contribution in [2.24, 2.45) is 10.8 Å². The Hall–Kier alpha value is -2.60. The van der Waals surface area contributed by atoms with Crippen molar-refractivity contribution in [3.05, 3.63) is 64.4 Å². The number of nitrogen functional groups attached to an aromatic ring is 1. The molecule has 0 fully saturated rings. The number of nitrogens with two attached hydrogens (primary N) is 2. The highest BCUT2D eigenvalue weighted by atomic mass is 35.5. The largest absolute Gasteiger partial charge is 0.398 e. The van der Waals surface area contributed by atoms with Crippen molar-refractivity contribution in [1.29, 1.82) is 0 Å². The van der Waals surface area contributed by atoms with Gasteiger partial charge >= 0.3 is 6.03 Å². The van der Waals surface area contributed by atoms with E-state index in [1.54, 1.807) is 24.3 Å². The number of hydrogen-bond acceptors (Lipinski definition) is 3. The molecule has 0 unspecified atom stereocenters. The molecular weight excluding hydrogens is 295 g/mol. The Morgan fingerprint density at radius 2 is 1.90 bits per heavy atom. The standard InChI is InChI=1S/C14H12ClFN4O/c15-8-5-6-12(17)10(7-8)13(19-20-14(18)21)9-3-1-2-4-11(9)16/h1-7H,17H2,(H3,18,20,21)/b19-13+. The van der Waals surface area contributed by atoms with Gasteiger partial charge in [-0.15, -0.1) is 0 Å². The van der Waals surface area contributed by atoms with Gasteiger partial charge in [-0.2, -0.15) is 5.10 Å². The minimum Gasteiger partial charge on any atom is -0.398 e. The first-order chi connectivity index (χ1) is 9.99. The highest BCUT2D eigenvalue weighted by Gasteiger charge is 2.15. The molecule has 0 bridgehead atoms. The number of carbonyl (C=O) groups excluding carboxylic acids is 1. The number of primary amides is 1. The smallest absolute Gasteiger partial charge is 0.332 e. The Balaban J connectivity index is 2.62. The van der Waals surface area contributed by atoms with Crippen LogP contribution in [0.4, 0.5) is 14.9 Å². The van der Waals surface area contributed by atoms with Crippen LogP contribution >= 0.6 is 11.6 Å². The summed E-state index contributed by atoms with van der Waals surface area (Å²) in [5.74, 6) is -0.512. The van der Waals surface area contributed by atoms with Gasteiger partial charge in [0.2, 0.25) is 0 Å². The van der Waals surface area contributed by atoms with E-state index in [1.807, 2.05) is 0 Å². The van der Waals surface area contributed by atoms with Gasteiger partial charge in [0.15, 0.2) is 0 Å². The van der Waals surface area contributed by atoms with Crippen LogP contribution in [0.3, 0.4) is 0 Å². The lowest BCUT2D eigenvalue weighted by molar-refractivity contribution is 0.249. The van der Waals surface area contributed by atoms with Crippen LogP contribution in [0, 0.1) is 5.82 Å². The molecule has 0 radical (unpaired) electrons. The second-order valence-electron chi connectivity index (χ2n) is 4.15. The fraction of sp³-hybridized carbons (Fsp3) is 0. The highest BCUT2D eigenvalue weighted by Crippen LogP contribution is 2.23. The zero-order valence-electron chi connectivity index (χ0n) is 10.8. The molecule has 0 spiro atoms. The van der Waals surface area contributed by atoms with E-state index in [-0.39, 0.29) is 11.3 Å². The Bertz CT molecular complexity index is 718. The topological polar surface area (TPSA) is 93.5 Å². The maximum absolute atomic E-state index is 14.0. The summed E-state index contributed by atoms with van der Waals surface area (Å²) < 4.78 is 14.0. The number of rotatable bonds is 3. The maximum Gasteiger partial charge on any atom is 0.332 e. The average Bonchev–Trinajstić information content (AvgIpc) is 2.44. The van der Waals surface area contributed by atoms with Crippen molar-refractivity contribution in [2.75, 3.05) is 5.73 Å². The van der Waals surface area contributed by atoms with Gasteiger partial charge in [-0.3, -0.25) is 0 Å². The molecule has 2 aromatic rings. The van der Waals surface area contributed by atoms with Crippen molar-refractivity contribution in [3.63, 3.8) is 0 Å². The predicted molar refractivity (Wildman–Crippen MR) is 80.6 cm³/mol. The van der Waals surface area contributed by atoms with Gasteiger partial charge in [-0.1, -0.05) is 23.7 Å². The second kappa shape index (κ2) is 6.23. The Morgan fingerprint density at radius 3 is 2.57 bits per heavy atom. The van der Waals surface area contributed by atoms with Crippen molar-refractivity contribution >= 4 is 29.0 Å². The van der Waals surface area contributed by atoms with Gasteiger partial charge in [0.1, 0.15) is 11.5 Å². The number of amides is 2. The van der Waals surface area contributed by atoms with E-state index in [9.17, 15) is 9.18 Å². The molecule has 0 aliphatic carbocycles. The molecule has 0 aromatic heterocycles. The Morgan fingerprint density at radius 1 is 1.19 bits per heavy atom. The molecule has 5 nitrogen and oxygen atoms in total. The summed E-state index contributed by atoms with van der Waals surface area (Å²) in [4.78, 5) is 10.9. The van der Waals surface area contributed by atoms with Gasteiger partial charge in [0.25, 0.3) is 0 Å². The zero-order chi connectivity index (χ0) is 15.4. The van der Waals surface area contributed by atoms with Crippen LogP contribution in [0.2, 0.25) is 5.02 Å². The van der Waals surface area contributed by atoms with Crippen LogP contribution in [-0.2, 0) is 0 Å². The average molecular weight is 307 g/mol. The molecule has 21 heavy (non-hydrogen) atoms. The number of nitrogens with zero attached hydrogens (tertiary/aromatic N) is 1. The fourth-order valence-corrected chi connectivity index (χ4v) is 1.94. The number of nitrogens with one attached hydrogen (secondary N) is 1. The molecule has 0 saturated carbocycles. The van der Waals surface area contributed by atoms with Crippen LogP contribution in [0.5, 0.6) is 0 Å². The lowest BCUT2D eigenvalue weighted by Crippen LogP contribution is -2.26. The quantitative estimate of drug-likeness (QED) is 0.461. The van der Waals surface area contributed by atoms with Crippen molar-refractivity contribution in [2.45, 2.75) is 0 Å². The SMILES string of the molecule is NC(=O)N/N=C(/c1cc(Cl)ccc1N)c1ccccc1F. The fourth-order valence-electron chi connectivity index (χ4n) is 1.76. The van der Waals surface area contributed by atoms with E-state index >= 15 is 0 Å². The lowest BCUT2D eigenvalue weighted by Gasteiger charge is -2.11.